The summed E-state index contributed by atoms with van der Waals surface area (Å²) in [6.45, 7) is 1.82. The lowest BCUT2D eigenvalue weighted by molar-refractivity contribution is -0.114. The quantitative estimate of drug-likeness (QED) is 0.755. The predicted octanol–water partition coefficient (Wildman–Crippen LogP) is 3.17. The van der Waals surface area contributed by atoms with Crippen molar-refractivity contribution in [3.63, 3.8) is 0 Å². The second kappa shape index (κ2) is 8.44. The fourth-order valence-electron chi connectivity index (χ4n) is 2.98. The molecule has 1 atom stereocenters. The highest BCUT2D eigenvalue weighted by atomic mass is 16.5. The van der Waals surface area contributed by atoms with E-state index in [9.17, 15) is 9.59 Å². The topological polar surface area (TPSA) is 88.7 Å². The van der Waals surface area contributed by atoms with Crippen molar-refractivity contribution in [2.24, 2.45) is 0 Å². The van der Waals surface area contributed by atoms with Crippen LogP contribution in [0.25, 0.3) is 0 Å². The Morgan fingerprint density at radius 3 is 2.78 bits per heavy atom. The van der Waals surface area contributed by atoms with Crippen molar-refractivity contribution in [2.45, 2.75) is 25.9 Å². The Hall–Kier alpha value is -3.22. The van der Waals surface area contributed by atoms with E-state index in [1.807, 2.05) is 18.2 Å². The van der Waals surface area contributed by atoms with Crippen LogP contribution in [0.5, 0.6) is 11.5 Å². The van der Waals surface area contributed by atoms with Gasteiger partial charge in [-0.3, -0.25) is 4.79 Å². The fourth-order valence-corrected chi connectivity index (χ4v) is 2.98. The van der Waals surface area contributed by atoms with E-state index in [2.05, 4.69) is 22.0 Å². The molecule has 0 saturated carbocycles. The SMILES string of the molecule is COc1ccc(NC(C)=O)cc1NC(=O)NCC1CCc2ccccc2O1. The number of urea groups is 1. The van der Waals surface area contributed by atoms with Crippen molar-refractivity contribution in [1.82, 2.24) is 5.32 Å². The number of benzene rings is 2. The molecule has 27 heavy (non-hydrogen) atoms. The summed E-state index contributed by atoms with van der Waals surface area (Å²) in [5.41, 5.74) is 2.24. The van der Waals surface area contributed by atoms with Gasteiger partial charge in [0.15, 0.2) is 0 Å². The maximum Gasteiger partial charge on any atom is 0.319 e. The number of carbonyl (C=O) groups excluding carboxylic acids is 2. The number of hydrogen-bond acceptors (Lipinski definition) is 4. The summed E-state index contributed by atoms with van der Waals surface area (Å²) in [6.07, 6.45) is 1.70. The zero-order valence-electron chi connectivity index (χ0n) is 15.4. The van der Waals surface area contributed by atoms with Crippen molar-refractivity contribution in [1.29, 1.82) is 0 Å². The van der Waals surface area contributed by atoms with Gasteiger partial charge in [0.1, 0.15) is 17.6 Å². The van der Waals surface area contributed by atoms with Crippen LogP contribution in [0.4, 0.5) is 16.2 Å². The average molecular weight is 369 g/mol. The second-order valence-corrected chi connectivity index (χ2v) is 6.32. The van der Waals surface area contributed by atoms with Gasteiger partial charge in [0, 0.05) is 12.6 Å². The Morgan fingerprint density at radius 2 is 2.00 bits per heavy atom. The minimum absolute atomic E-state index is 0.0711. The second-order valence-electron chi connectivity index (χ2n) is 6.32. The molecular weight excluding hydrogens is 346 g/mol. The van der Waals surface area contributed by atoms with Crippen molar-refractivity contribution in [3.8, 4) is 11.5 Å². The highest BCUT2D eigenvalue weighted by Crippen LogP contribution is 2.28. The van der Waals surface area contributed by atoms with E-state index in [-0.39, 0.29) is 18.0 Å². The number of ether oxygens (including phenoxy) is 2. The lowest BCUT2D eigenvalue weighted by Gasteiger charge is -2.26. The minimum Gasteiger partial charge on any atom is -0.495 e. The fraction of sp³-hybridized carbons (Fsp3) is 0.300. The number of nitrogens with one attached hydrogen (secondary N) is 3. The number of amides is 3. The molecule has 0 aliphatic carbocycles. The summed E-state index contributed by atoms with van der Waals surface area (Å²) >= 11 is 0. The van der Waals surface area contributed by atoms with Crippen LogP contribution in [-0.2, 0) is 11.2 Å². The first kappa shape index (κ1) is 18.6. The largest absolute Gasteiger partial charge is 0.495 e. The summed E-state index contributed by atoms with van der Waals surface area (Å²) in [5, 5.41) is 8.25. The van der Waals surface area contributed by atoms with E-state index in [1.165, 1.54) is 19.6 Å². The number of aryl methyl sites for hydroxylation is 1. The number of methoxy groups -OCH3 is 1. The predicted molar refractivity (Wildman–Crippen MR) is 103 cm³/mol. The summed E-state index contributed by atoms with van der Waals surface area (Å²) in [6, 6.07) is 12.6. The van der Waals surface area contributed by atoms with Gasteiger partial charge in [-0.25, -0.2) is 4.79 Å². The zero-order chi connectivity index (χ0) is 19.2. The normalized spacial score (nSPS) is 15.1. The lowest BCUT2D eigenvalue weighted by atomic mass is 10.0. The monoisotopic (exact) mass is 369 g/mol. The van der Waals surface area contributed by atoms with Crippen molar-refractivity contribution in [3.05, 3.63) is 48.0 Å². The summed E-state index contributed by atoms with van der Waals surface area (Å²) in [7, 11) is 1.52. The van der Waals surface area contributed by atoms with Gasteiger partial charge in [-0.2, -0.15) is 0 Å². The van der Waals surface area contributed by atoms with Crippen LogP contribution in [-0.4, -0.2) is 31.7 Å². The summed E-state index contributed by atoms with van der Waals surface area (Å²) in [4.78, 5) is 23.5. The molecular formula is C20H23N3O4. The van der Waals surface area contributed by atoms with Crippen molar-refractivity contribution < 1.29 is 19.1 Å². The molecule has 2 aromatic rings. The molecule has 1 unspecified atom stereocenters. The number of para-hydroxylation sites is 1. The third kappa shape index (κ3) is 4.91. The summed E-state index contributed by atoms with van der Waals surface area (Å²) in [5.74, 6) is 1.19. The Balaban J connectivity index is 1.57. The van der Waals surface area contributed by atoms with E-state index in [4.69, 9.17) is 9.47 Å². The van der Waals surface area contributed by atoms with Crippen molar-refractivity contribution in [2.75, 3.05) is 24.3 Å². The molecule has 1 aliphatic rings. The molecule has 7 nitrogen and oxygen atoms in total. The Labute approximate surface area is 158 Å². The Kier molecular flexibility index (Phi) is 5.80. The average Bonchev–Trinajstić information content (AvgIpc) is 2.66. The Morgan fingerprint density at radius 1 is 1.19 bits per heavy atom. The maximum absolute atomic E-state index is 12.3. The van der Waals surface area contributed by atoms with Gasteiger partial charge < -0.3 is 25.4 Å². The molecule has 0 saturated heterocycles. The molecule has 142 valence electrons. The van der Waals surface area contributed by atoms with Crippen LogP contribution in [0, 0.1) is 0 Å². The van der Waals surface area contributed by atoms with Crippen LogP contribution in [0.1, 0.15) is 18.9 Å². The van der Waals surface area contributed by atoms with Gasteiger partial charge in [-0.15, -0.1) is 0 Å². The van der Waals surface area contributed by atoms with Crippen molar-refractivity contribution >= 4 is 23.3 Å². The van der Waals surface area contributed by atoms with Crippen LogP contribution >= 0.6 is 0 Å². The molecule has 1 aliphatic heterocycles. The molecule has 0 bridgehead atoms. The molecule has 3 rings (SSSR count). The van der Waals surface area contributed by atoms with Crippen LogP contribution in [0.3, 0.4) is 0 Å². The standard InChI is InChI=1S/C20H23N3O4/c1-13(24)22-15-8-10-19(26-2)17(11-15)23-20(25)21-12-16-9-7-14-5-3-4-6-18(14)27-16/h3-6,8,10-11,16H,7,9,12H2,1-2H3,(H,22,24)(H2,21,23,25). The van der Waals surface area contributed by atoms with E-state index in [0.29, 0.717) is 23.7 Å². The third-order valence-electron chi connectivity index (χ3n) is 4.26. The number of rotatable bonds is 5. The number of carbonyl (C=O) groups is 2. The first-order chi connectivity index (χ1) is 13.0. The van der Waals surface area contributed by atoms with Gasteiger partial charge in [0.2, 0.25) is 5.91 Å². The van der Waals surface area contributed by atoms with E-state index >= 15 is 0 Å². The highest BCUT2D eigenvalue weighted by molar-refractivity contribution is 5.94. The van der Waals surface area contributed by atoms with Gasteiger partial charge in [-0.05, 0) is 42.7 Å². The molecule has 0 radical (unpaired) electrons. The van der Waals surface area contributed by atoms with Crippen LogP contribution in [0.2, 0.25) is 0 Å². The Bertz CT molecular complexity index is 838. The van der Waals surface area contributed by atoms with Gasteiger partial charge in [-0.1, -0.05) is 18.2 Å². The number of fused-ring (bicyclic) bond motifs is 1. The molecule has 1 heterocycles. The summed E-state index contributed by atoms with van der Waals surface area (Å²) < 4.78 is 11.2. The molecule has 7 heteroatoms. The number of anilines is 2. The third-order valence-corrected chi connectivity index (χ3v) is 4.26. The van der Waals surface area contributed by atoms with Crippen LogP contribution in [0.15, 0.2) is 42.5 Å². The molecule has 0 aromatic heterocycles. The van der Waals surface area contributed by atoms with E-state index in [0.717, 1.165) is 18.6 Å². The van der Waals surface area contributed by atoms with E-state index in [1.54, 1.807) is 18.2 Å². The number of hydrogen-bond donors (Lipinski definition) is 3. The smallest absolute Gasteiger partial charge is 0.319 e. The maximum atomic E-state index is 12.3. The van der Waals surface area contributed by atoms with Crippen LogP contribution < -0.4 is 25.4 Å². The van der Waals surface area contributed by atoms with Gasteiger partial charge in [0.25, 0.3) is 0 Å². The van der Waals surface area contributed by atoms with Gasteiger partial charge in [0.05, 0.1) is 19.3 Å². The zero-order valence-corrected chi connectivity index (χ0v) is 15.4. The highest BCUT2D eigenvalue weighted by Gasteiger charge is 2.20. The molecule has 0 spiro atoms. The first-order valence-corrected chi connectivity index (χ1v) is 8.80. The molecule has 0 fully saturated rings. The molecule has 2 aromatic carbocycles. The minimum atomic E-state index is -0.365. The first-order valence-electron chi connectivity index (χ1n) is 8.80. The van der Waals surface area contributed by atoms with Gasteiger partial charge >= 0.3 is 6.03 Å². The van der Waals surface area contributed by atoms with E-state index < -0.39 is 0 Å². The molecule has 3 N–H and O–H groups in total. The lowest BCUT2D eigenvalue weighted by Crippen LogP contribution is -2.39. The molecule has 3 amide bonds.